The van der Waals surface area contributed by atoms with E-state index in [2.05, 4.69) is 18.2 Å². The molecule has 3 nitrogen and oxygen atoms in total. The summed E-state index contributed by atoms with van der Waals surface area (Å²) in [6, 6.07) is 21.6. The van der Waals surface area contributed by atoms with Crippen molar-refractivity contribution in [3.63, 3.8) is 0 Å². The van der Waals surface area contributed by atoms with Crippen LogP contribution in [0.1, 0.15) is 10.4 Å². The highest BCUT2D eigenvalue weighted by Gasteiger charge is 2.32. The standard InChI is InChI=1S/C19H12N2OS/c20-12-14-8-4-5-9-15(14)21-16-10-17(13-6-2-1-3-7-13)23-18(16)11-19(21)22/h1-10H,11H2. The minimum atomic E-state index is 0.0218. The zero-order valence-corrected chi connectivity index (χ0v) is 13.0. The van der Waals surface area contributed by atoms with Gasteiger partial charge in [0.05, 0.1) is 23.4 Å². The lowest BCUT2D eigenvalue weighted by Crippen LogP contribution is -2.21. The van der Waals surface area contributed by atoms with E-state index in [1.807, 2.05) is 42.5 Å². The molecular weight excluding hydrogens is 304 g/mol. The fourth-order valence-electron chi connectivity index (χ4n) is 2.86. The number of nitrogens with zero attached hydrogens (tertiary/aromatic N) is 2. The minimum absolute atomic E-state index is 0.0218. The minimum Gasteiger partial charge on any atom is -0.278 e. The molecule has 1 aliphatic rings. The van der Waals surface area contributed by atoms with Crippen molar-refractivity contribution in [2.75, 3.05) is 4.90 Å². The van der Waals surface area contributed by atoms with E-state index in [1.54, 1.807) is 22.3 Å². The molecule has 1 aromatic heterocycles. The van der Waals surface area contributed by atoms with Crippen LogP contribution in [0, 0.1) is 11.3 Å². The van der Waals surface area contributed by atoms with Gasteiger partial charge in [-0.25, -0.2) is 0 Å². The van der Waals surface area contributed by atoms with Crippen molar-refractivity contribution in [1.82, 2.24) is 0 Å². The molecule has 1 aliphatic heterocycles. The molecule has 2 heterocycles. The Hall–Kier alpha value is -2.90. The van der Waals surface area contributed by atoms with Gasteiger partial charge < -0.3 is 0 Å². The van der Waals surface area contributed by atoms with Gasteiger partial charge in [0.2, 0.25) is 5.91 Å². The number of rotatable bonds is 2. The van der Waals surface area contributed by atoms with E-state index in [4.69, 9.17) is 0 Å². The smallest absolute Gasteiger partial charge is 0.236 e. The molecule has 23 heavy (non-hydrogen) atoms. The van der Waals surface area contributed by atoms with Crippen molar-refractivity contribution in [2.24, 2.45) is 0 Å². The highest BCUT2D eigenvalue weighted by Crippen LogP contribution is 2.44. The monoisotopic (exact) mass is 316 g/mol. The van der Waals surface area contributed by atoms with Gasteiger partial charge >= 0.3 is 0 Å². The number of hydrogen-bond donors (Lipinski definition) is 0. The third-order valence-corrected chi connectivity index (χ3v) is 5.09. The fraction of sp³-hybridized carbons (Fsp3) is 0.0526. The first-order chi connectivity index (χ1) is 11.3. The fourth-order valence-corrected chi connectivity index (χ4v) is 4.00. The van der Waals surface area contributed by atoms with Gasteiger partial charge in [-0.1, -0.05) is 42.5 Å². The summed E-state index contributed by atoms with van der Waals surface area (Å²) in [6.07, 6.45) is 0.395. The van der Waals surface area contributed by atoms with Crippen molar-refractivity contribution in [3.8, 4) is 16.5 Å². The van der Waals surface area contributed by atoms with E-state index in [-0.39, 0.29) is 5.91 Å². The van der Waals surface area contributed by atoms with Crippen molar-refractivity contribution in [2.45, 2.75) is 6.42 Å². The zero-order chi connectivity index (χ0) is 15.8. The number of fused-ring (bicyclic) bond motifs is 1. The second-order valence-electron chi connectivity index (χ2n) is 5.32. The van der Waals surface area contributed by atoms with Crippen LogP contribution in [0.5, 0.6) is 0 Å². The SMILES string of the molecule is N#Cc1ccccc1N1C(=O)Cc2sc(-c3ccccc3)cc21. The highest BCUT2D eigenvalue weighted by molar-refractivity contribution is 7.16. The predicted octanol–water partition coefficient (Wildman–Crippen LogP) is 4.51. The number of carbonyl (C=O) groups is 1. The summed E-state index contributed by atoms with van der Waals surface area (Å²) in [4.78, 5) is 16.3. The Labute approximate surface area is 138 Å². The summed E-state index contributed by atoms with van der Waals surface area (Å²) in [5, 5.41) is 9.31. The van der Waals surface area contributed by atoms with Gasteiger partial charge in [-0.15, -0.1) is 11.3 Å². The lowest BCUT2D eigenvalue weighted by Gasteiger charge is -2.17. The molecule has 4 heteroatoms. The number of hydrogen-bond acceptors (Lipinski definition) is 3. The van der Waals surface area contributed by atoms with Crippen LogP contribution >= 0.6 is 11.3 Å². The molecule has 110 valence electrons. The Morgan fingerprint density at radius 2 is 1.74 bits per heavy atom. The largest absolute Gasteiger partial charge is 0.278 e. The van der Waals surface area contributed by atoms with Crippen molar-refractivity contribution in [3.05, 3.63) is 71.1 Å². The van der Waals surface area contributed by atoms with E-state index < -0.39 is 0 Å². The van der Waals surface area contributed by atoms with Crippen molar-refractivity contribution >= 4 is 28.6 Å². The number of benzene rings is 2. The lowest BCUT2D eigenvalue weighted by atomic mass is 10.1. The van der Waals surface area contributed by atoms with E-state index >= 15 is 0 Å². The van der Waals surface area contributed by atoms with E-state index in [0.717, 1.165) is 21.0 Å². The second kappa shape index (κ2) is 5.38. The number of carbonyl (C=O) groups excluding carboxylic acids is 1. The second-order valence-corrected chi connectivity index (χ2v) is 6.46. The Kier molecular flexibility index (Phi) is 3.22. The summed E-state index contributed by atoms with van der Waals surface area (Å²) < 4.78 is 0. The van der Waals surface area contributed by atoms with Gasteiger partial charge in [0.15, 0.2) is 0 Å². The summed E-state index contributed by atoms with van der Waals surface area (Å²) in [6.45, 7) is 0. The molecule has 0 saturated heterocycles. The molecule has 1 amide bonds. The maximum Gasteiger partial charge on any atom is 0.236 e. The third kappa shape index (κ3) is 2.23. The number of para-hydroxylation sites is 1. The molecule has 0 bridgehead atoms. The van der Waals surface area contributed by atoms with Gasteiger partial charge in [-0.3, -0.25) is 9.69 Å². The van der Waals surface area contributed by atoms with Crippen LogP contribution in [-0.2, 0) is 11.2 Å². The van der Waals surface area contributed by atoms with Gasteiger partial charge in [-0.2, -0.15) is 5.26 Å². The first-order valence-electron chi connectivity index (χ1n) is 7.28. The number of thiophene rings is 1. The van der Waals surface area contributed by atoms with Gasteiger partial charge in [-0.05, 0) is 23.8 Å². The van der Waals surface area contributed by atoms with Crippen LogP contribution in [0.2, 0.25) is 0 Å². The highest BCUT2D eigenvalue weighted by atomic mass is 32.1. The van der Waals surface area contributed by atoms with Gasteiger partial charge in [0, 0.05) is 9.75 Å². The first kappa shape index (κ1) is 13.7. The molecule has 0 unspecified atom stereocenters. The molecule has 2 aromatic carbocycles. The van der Waals surface area contributed by atoms with Crippen molar-refractivity contribution in [1.29, 1.82) is 5.26 Å². The molecule has 3 aromatic rings. The Morgan fingerprint density at radius 1 is 1.00 bits per heavy atom. The van der Waals surface area contributed by atoms with Crippen LogP contribution in [0.4, 0.5) is 11.4 Å². The first-order valence-corrected chi connectivity index (χ1v) is 8.10. The quantitative estimate of drug-likeness (QED) is 0.698. The molecular formula is C19H12N2OS. The number of anilines is 2. The molecule has 0 aliphatic carbocycles. The Bertz CT molecular complexity index is 938. The normalized spacial score (nSPS) is 13.0. The molecule has 0 saturated carbocycles. The van der Waals surface area contributed by atoms with Crippen LogP contribution in [0.25, 0.3) is 10.4 Å². The van der Waals surface area contributed by atoms with E-state index in [0.29, 0.717) is 17.7 Å². The molecule has 0 N–H and O–H groups in total. The van der Waals surface area contributed by atoms with E-state index in [1.165, 1.54) is 0 Å². The molecule has 0 fully saturated rings. The number of amides is 1. The van der Waals surface area contributed by atoms with Crippen LogP contribution < -0.4 is 4.90 Å². The molecule has 0 spiro atoms. The summed E-state index contributed by atoms with van der Waals surface area (Å²) in [5.41, 5.74) is 3.23. The Balaban J connectivity index is 1.83. The topological polar surface area (TPSA) is 44.1 Å². The molecule has 0 radical (unpaired) electrons. The lowest BCUT2D eigenvalue weighted by molar-refractivity contribution is -0.116. The van der Waals surface area contributed by atoms with Gasteiger partial charge in [0.1, 0.15) is 6.07 Å². The van der Waals surface area contributed by atoms with Crippen LogP contribution in [-0.4, -0.2) is 5.91 Å². The maximum atomic E-state index is 12.4. The Morgan fingerprint density at radius 3 is 2.52 bits per heavy atom. The average Bonchev–Trinajstić information content (AvgIpc) is 3.12. The summed E-state index contributed by atoms with van der Waals surface area (Å²) >= 11 is 1.65. The molecule has 4 rings (SSSR count). The summed E-state index contributed by atoms with van der Waals surface area (Å²) in [5.74, 6) is 0.0218. The van der Waals surface area contributed by atoms with E-state index in [9.17, 15) is 10.1 Å². The van der Waals surface area contributed by atoms with Crippen LogP contribution in [0.3, 0.4) is 0 Å². The van der Waals surface area contributed by atoms with Gasteiger partial charge in [0.25, 0.3) is 0 Å². The van der Waals surface area contributed by atoms with Crippen molar-refractivity contribution < 1.29 is 4.79 Å². The van der Waals surface area contributed by atoms with Crippen LogP contribution in [0.15, 0.2) is 60.7 Å². The molecule has 0 atom stereocenters. The summed E-state index contributed by atoms with van der Waals surface area (Å²) in [7, 11) is 0. The average molecular weight is 316 g/mol. The third-order valence-electron chi connectivity index (χ3n) is 3.91. The zero-order valence-electron chi connectivity index (χ0n) is 12.2. The number of nitriles is 1. The predicted molar refractivity (Wildman–Crippen MR) is 91.8 cm³/mol. The maximum absolute atomic E-state index is 12.4.